The summed E-state index contributed by atoms with van der Waals surface area (Å²) in [5, 5.41) is 0. The quantitative estimate of drug-likeness (QED) is 0.619. The molecular formula is C6H18NO3P. The predicted molar refractivity (Wildman–Crippen MR) is 46.6 cm³/mol. The first kappa shape index (κ1) is 13.8. The van der Waals surface area contributed by atoms with E-state index in [0.717, 1.165) is 12.8 Å². The third-order valence-corrected chi connectivity index (χ3v) is 1.62. The molecular weight excluding hydrogens is 165 g/mol. The maximum Gasteiger partial charge on any atom is 0.329 e. The third kappa shape index (κ3) is 10.3. The summed E-state index contributed by atoms with van der Waals surface area (Å²) in [5.41, 5.74) is 0. The zero-order valence-electron chi connectivity index (χ0n) is 7.25. The van der Waals surface area contributed by atoms with Crippen LogP contribution in [0, 0.1) is 0 Å². The molecule has 0 fully saturated rings. The van der Waals surface area contributed by atoms with Gasteiger partial charge in [0.2, 0.25) is 0 Å². The van der Waals surface area contributed by atoms with Gasteiger partial charge in [0.25, 0.3) is 0 Å². The maximum absolute atomic E-state index is 8.93. The lowest BCUT2D eigenvalue weighted by Crippen LogP contribution is -1.92. The molecule has 0 atom stereocenters. The minimum Gasteiger partial charge on any atom is -0.344 e. The Morgan fingerprint density at radius 2 is 1.45 bits per heavy atom. The van der Waals surface area contributed by atoms with Crippen molar-refractivity contribution in [1.29, 1.82) is 0 Å². The van der Waals surface area contributed by atoms with E-state index >= 15 is 0 Å². The van der Waals surface area contributed by atoms with Crippen LogP contribution in [-0.2, 0) is 9.05 Å². The first-order valence-corrected chi connectivity index (χ1v) is 4.69. The number of hydrogen-bond donors (Lipinski definition) is 2. The van der Waals surface area contributed by atoms with Crippen molar-refractivity contribution in [3.8, 4) is 0 Å². The standard InChI is InChI=1S/C6H15O3P.H3N/c1-3-5-8-10(7)9-6-4-2;/h7H,3-6H2,1-2H3;1H3. The minimum absolute atomic E-state index is 0. The molecule has 0 unspecified atom stereocenters. The van der Waals surface area contributed by atoms with Crippen LogP contribution in [0.1, 0.15) is 26.7 Å². The third-order valence-electron chi connectivity index (χ3n) is 0.812. The zero-order chi connectivity index (χ0) is 7.82. The Bertz CT molecular complexity index is 66.8. The van der Waals surface area contributed by atoms with Gasteiger partial charge in [-0.05, 0) is 12.8 Å². The van der Waals surface area contributed by atoms with E-state index in [1.807, 2.05) is 13.8 Å². The summed E-state index contributed by atoms with van der Waals surface area (Å²) in [6.07, 6.45) is 1.82. The lowest BCUT2D eigenvalue weighted by atomic mass is 10.5. The van der Waals surface area contributed by atoms with Crippen molar-refractivity contribution < 1.29 is 13.9 Å². The fraction of sp³-hybridized carbons (Fsp3) is 1.00. The van der Waals surface area contributed by atoms with Gasteiger partial charge < -0.3 is 20.1 Å². The number of rotatable bonds is 6. The molecule has 0 aliphatic heterocycles. The Balaban J connectivity index is 0. The lowest BCUT2D eigenvalue weighted by Gasteiger charge is -2.08. The van der Waals surface area contributed by atoms with Crippen molar-refractivity contribution >= 4 is 8.60 Å². The average Bonchev–Trinajstić information content (AvgIpc) is 1.97. The fourth-order valence-electron chi connectivity index (χ4n) is 0.376. The second-order valence-electron chi connectivity index (χ2n) is 1.90. The molecule has 0 aromatic rings. The molecule has 4 N–H and O–H groups in total. The molecule has 0 aromatic heterocycles. The Kier molecular flexibility index (Phi) is 12.9. The van der Waals surface area contributed by atoms with Crippen LogP contribution in [-0.4, -0.2) is 18.1 Å². The van der Waals surface area contributed by atoms with Gasteiger partial charge in [0, 0.05) is 0 Å². The molecule has 0 amide bonds. The Morgan fingerprint density at radius 3 is 1.73 bits per heavy atom. The van der Waals surface area contributed by atoms with Crippen LogP contribution < -0.4 is 6.15 Å². The highest BCUT2D eigenvalue weighted by Crippen LogP contribution is 2.32. The van der Waals surface area contributed by atoms with Gasteiger partial charge in [-0.3, -0.25) is 0 Å². The van der Waals surface area contributed by atoms with E-state index in [4.69, 9.17) is 13.9 Å². The van der Waals surface area contributed by atoms with Crippen LogP contribution in [0.25, 0.3) is 0 Å². The van der Waals surface area contributed by atoms with Crippen LogP contribution >= 0.6 is 8.60 Å². The highest BCUT2D eigenvalue weighted by molar-refractivity contribution is 7.40. The van der Waals surface area contributed by atoms with Gasteiger partial charge in [-0.25, -0.2) is 0 Å². The van der Waals surface area contributed by atoms with E-state index in [0.29, 0.717) is 13.2 Å². The second-order valence-corrected chi connectivity index (χ2v) is 2.90. The molecule has 4 nitrogen and oxygen atoms in total. The van der Waals surface area contributed by atoms with Crippen molar-refractivity contribution in [3.63, 3.8) is 0 Å². The summed E-state index contributed by atoms with van der Waals surface area (Å²) in [7, 11) is -1.59. The highest BCUT2D eigenvalue weighted by Gasteiger charge is 2.03. The summed E-state index contributed by atoms with van der Waals surface area (Å²) in [5.74, 6) is 0. The molecule has 0 aromatic carbocycles. The lowest BCUT2D eigenvalue weighted by molar-refractivity contribution is 0.200. The molecule has 0 rings (SSSR count). The molecule has 5 heteroatoms. The van der Waals surface area contributed by atoms with Crippen molar-refractivity contribution in [1.82, 2.24) is 6.15 Å². The van der Waals surface area contributed by atoms with E-state index in [1.54, 1.807) is 0 Å². The Morgan fingerprint density at radius 1 is 1.09 bits per heavy atom. The van der Waals surface area contributed by atoms with E-state index in [9.17, 15) is 0 Å². The molecule has 0 radical (unpaired) electrons. The van der Waals surface area contributed by atoms with Crippen molar-refractivity contribution in [2.45, 2.75) is 26.7 Å². The van der Waals surface area contributed by atoms with Gasteiger partial charge in [0.05, 0.1) is 13.2 Å². The van der Waals surface area contributed by atoms with E-state index in [-0.39, 0.29) is 6.15 Å². The first-order valence-electron chi connectivity index (χ1n) is 3.56. The van der Waals surface area contributed by atoms with Gasteiger partial charge in [-0.15, -0.1) is 0 Å². The van der Waals surface area contributed by atoms with Crippen molar-refractivity contribution in [3.05, 3.63) is 0 Å². The van der Waals surface area contributed by atoms with E-state index in [2.05, 4.69) is 0 Å². The predicted octanol–water partition coefficient (Wildman–Crippen LogP) is 2.22. The summed E-state index contributed by atoms with van der Waals surface area (Å²) in [4.78, 5) is 8.93. The topological polar surface area (TPSA) is 73.7 Å². The molecule has 11 heavy (non-hydrogen) atoms. The highest BCUT2D eigenvalue weighted by atomic mass is 31.2. The Hall–Kier alpha value is 0.270. The van der Waals surface area contributed by atoms with Crippen LogP contribution in [0.3, 0.4) is 0 Å². The molecule has 70 valence electrons. The normalized spacial score (nSPS) is 9.82. The van der Waals surface area contributed by atoms with Gasteiger partial charge in [-0.1, -0.05) is 13.8 Å². The van der Waals surface area contributed by atoms with Gasteiger partial charge in [-0.2, -0.15) is 0 Å². The van der Waals surface area contributed by atoms with Crippen LogP contribution in [0.15, 0.2) is 0 Å². The molecule has 0 bridgehead atoms. The van der Waals surface area contributed by atoms with E-state index in [1.165, 1.54) is 0 Å². The summed E-state index contributed by atoms with van der Waals surface area (Å²) in [6.45, 7) is 5.13. The van der Waals surface area contributed by atoms with Crippen LogP contribution in [0.2, 0.25) is 0 Å². The molecule has 0 aliphatic carbocycles. The molecule has 0 heterocycles. The largest absolute Gasteiger partial charge is 0.344 e. The molecule has 0 saturated heterocycles. The average molecular weight is 183 g/mol. The minimum atomic E-state index is -1.59. The fourth-order valence-corrected chi connectivity index (χ4v) is 1.13. The van der Waals surface area contributed by atoms with Gasteiger partial charge in [0.1, 0.15) is 0 Å². The van der Waals surface area contributed by atoms with E-state index < -0.39 is 8.60 Å². The van der Waals surface area contributed by atoms with Crippen molar-refractivity contribution in [2.24, 2.45) is 0 Å². The first-order chi connectivity index (χ1) is 4.81. The molecule has 0 spiro atoms. The number of hydrogen-bond acceptors (Lipinski definition) is 4. The second kappa shape index (κ2) is 10.3. The van der Waals surface area contributed by atoms with Crippen LogP contribution in [0.5, 0.6) is 0 Å². The molecule has 0 saturated carbocycles. The zero-order valence-corrected chi connectivity index (χ0v) is 8.14. The Labute approximate surface area is 69.5 Å². The summed E-state index contributed by atoms with van der Waals surface area (Å²) >= 11 is 0. The van der Waals surface area contributed by atoms with Gasteiger partial charge in [0.15, 0.2) is 0 Å². The monoisotopic (exact) mass is 183 g/mol. The SMILES string of the molecule is CCCOP(O)OCCC.N. The van der Waals surface area contributed by atoms with Crippen molar-refractivity contribution in [2.75, 3.05) is 13.2 Å². The van der Waals surface area contributed by atoms with Crippen LogP contribution in [0.4, 0.5) is 0 Å². The van der Waals surface area contributed by atoms with Gasteiger partial charge >= 0.3 is 8.60 Å². The smallest absolute Gasteiger partial charge is 0.329 e. The summed E-state index contributed by atoms with van der Waals surface area (Å²) < 4.78 is 9.78. The maximum atomic E-state index is 8.93. The molecule has 0 aliphatic rings. The summed E-state index contributed by atoms with van der Waals surface area (Å²) in [6, 6.07) is 0.